The summed E-state index contributed by atoms with van der Waals surface area (Å²) in [6.45, 7) is 0. The number of rotatable bonds is 6. The third kappa shape index (κ3) is 5.28. The lowest BCUT2D eigenvalue weighted by atomic mass is 10.3. The number of thioether (sulfide) groups is 1. The molecule has 0 heterocycles. The molecule has 4 nitrogen and oxygen atoms in total. The topological polar surface area (TPSA) is 72.2 Å². The van der Waals surface area contributed by atoms with Crippen LogP contribution in [0.25, 0.3) is 0 Å². The number of benzene rings is 2. The summed E-state index contributed by atoms with van der Waals surface area (Å²) in [5, 5.41) is 0. The van der Waals surface area contributed by atoms with Gasteiger partial charge in [0.05, 0.1) is 5.75 Å². The highest BCUT2D eigenvalue weighted by Crippen LogP contribution is 2.20. The predicted molar refractivity (Wildman–Crippen MR) is 85.4 cm³/mol. The standard InChI is InChI=1S/C14H15FN2O2S2/c15-11-4-6-13(7-5-11)17-21(18,19)9-8-20-14-3-1-2-12(16)10-14/h1-7,10,17H,8-9,16H2. The van der Waals surface area contributed by atoms with Gasteiger partial charge in [0, 0.05) is 22.0 Å². The van der Waals surface area contributed by atoms with E-state index in [4.69, 9.17) is 5.73 Å². The van der Waals surface area contributed by atoms with E-state index in [0.29, 0.717) is 17.1 Å². The number of halogens is 1. The van der Waals surface area contributed by atoms with Crippen LogP contribution in [0.15, 0.2) is 53.4 Å². The van der Waals surface area contributed by atoms with Gasteiger partial charge in [-0.25, -0.2) is 12.8 Å². The fraction of sp³-hybridized carbons (Fsp3) is 0.143. The van der Waals surface area contributed by atoms with Gasteiger partial charge in [-0.1, -0.05) is 6.07 Å². The SMILES string of the molecule is Nc1cccc(SCCS(=O)(=O)Nc2ccc(F)cc2)c1. The third-order valence-corrected chi connectivity index (χ3v) is 5.14. The highest BCUT2D eigenvalue weighted by atomic mass is 32.2. The van der Waals surface area contributed by atoms with E-state index in [-0.39, 0.29) is 5.75 Å². The Labute approximate surface area is 127 Å². The van der Waals surface area contributed by atoms with E-state index in [0.717, 1.165) is 4.90 Å². The lowest BCUT2D eigenvalue weighted by Gasteiger charge is -2.08. The van der Waals surface area contributed by atoms with E-state index >= 15 is 0 Å². The first-order valence-corrected chi connectivity index (χ1v) is 8.83. The Morgan fingerprint density at radius 3 is 2.52 bits per heavy atom. The molecule has 0 unspecified atom stereocenters. The number of nitrogens with two attached hydrogens (primary N) is 1. The molecule has 0 aliphatic carbocycles. The first-order chi connectivity index (χ1) is 9.94. The van der Waals surface area contributed by atoms with E-state index < -0.39 is 15.8 Å². The Balaban J connectivity index is 1.88. The van der Waals surface area contributed by atoms with Crippen LogP contribution >= 0.6 is 11.8 Å². The van der Waals surface area contributed by atoms with Crippen molar-refractivity contribution in [3.63, 3.8) is 0 Å². The van der Waals surface area contributed by atoms with E-state index in [2.05, 4.69) is 4.72 Å². The van der Waals surface area contributed by atoms with Gasteiger partial charge in [-0.05, 0) is 42.5 Å². The average Bonchev–Trinajstić information content (AvgIpc) is 2.41. The van der Waals surface area contributed by atoms with Crippen LogP contribution < -0.4 is 10.5 Å². The van der Waals surface area contributed by atoms with Crippen LogP contribution in [0.4, 0.5) is 15.8 Å². The molecule has 0 spiro atoms. The van der Waals surface area contributed by atoms with E-state index in [1.165, 1.54) is 36.0 Å². The molecule has 0 aromatic heterocycles. The molecule has 0 aliphatic heterocycles. The summed E-state index contributed by atoms with van der Waals surface area (Å²) < 4.78 is 39.0. The zero-order valence-corrected chi connectivity index (χ0v) is 12.8. The van der Waals surface area contributed by atoms with Gasteiger partial charge in [-0.15, -0.1) is 11.8 Å². The molecule has 2 aromatic carbocycles. The van der Waals surface area contributed by atoms with Gasteiger partial charge < -0.3 is 5.73 Å². The van der Waals surface area contributed by atoms with Crippen LogP contribution in [-0.2, 0) is 10.0 Å². The summed E-state index contributed by atoms with van der Waals surface area (Å²) in [5.41, 5.74) is 6.65. The van der Waals surface area contributed by atoms with Crippen molar-refractivity contribution in [3.8, 4) is 0 Å². The Morgan fingerprint density at radius 2 is 1.86 bits per heavy atom. The summed E-state index contributed by atoms with van der Waals surface area (Å²) in [6.07, 6.45) is 0. The van der Waals surface area contributed by atoms with Crippen molar-refractivity contribution in [2.24, 2.45) is 0 Å². The molecule has 2 rings (SSSR count). The van der Waals surface area contributed by atoms with Crippen LogP contribution in [0.3, 0.4) is 0 Å². The molecule has 0 amide bonds. The molecular weight excluding hydrogens is 311 g/mol. The maximum absolute atomic E-state index is 12.8. The molecule has 3 N–H and O–H groups in total. The summed E-state index contributed by atoms with van der Waals surface area (Å²) in [7, 11) is -3.45. The summed E-state index contributed by atoms with van der Waals surface area (Å²) >= 11 is 1.42. The van der Waals surface area contributed by atoms with Crippen LogP contribution in [0.2, 0.25) is 0 Å². The second-order valence-corrected chi connectivity index (χ2v) is 7.36. The van der Waals surface area contributed by atoms with Gasteiger partial charge in [0.2, 0.25) is 10.0 Å². The van der Waals surface area contributed by atoms with Crippen LogP contribution in [0.5, 0.6) is 0 Å². The molecule has 0 fully saturated rings. The summed E-state index contributed by atoms with van der Waals surface area (Å²) in [6, 6.07) is 12.5. The summed E-state index contributed by atoms with van der Waals surface area (Å²) in [5.74, 6) is -0.0423. The average molecular weight is 326 g/mol. The van der Waals surface area contributed by atoms with E-state index in [1.807, 2.05) is 12.1 Å². The minimum absolute atomic E-state index is 0.0379. The predicted octanol–water partition coefficient (Wildman–Crippen LogP) is 2.94. The van der Waals surface area contributed by atoms with Gasteiger partial charge in [0.25, 0.3) is 0 Å². The molecule has 112 valence electrons. The molecule has 0 radical (unpaired) electrons. The second-order valence-electron chi connectivity index (χ2n) is 4.35. The number of hydrogen-bond donors (Lipinski definition) is 2. The monoisotopic (exact) mass is 326 g/mol. The zero-order valence-electron chi connectivity index (χ0n) is 11.1. The number of anilines is 2. The number of nitrogen functional groups attached to an aromatic ring is 1. The highest BCUT2D eigenvalue weighted by molar-refractivity contribution is 8.01. The number of sulfonamides is 1. The number of nitrogens with one attached hydrogen (secondary N) is 1. The van der Waals surface area contributed by atoms with Crippen molar-refractivity contribution in [2.75, 3.05) is 22.0 Å². The quantitative estimate of drug-likeness (QED) is 0.632. The fourth-order valence-electron chi connectivity index (χ4n) is 1.62. The molecule has 2 aromatic rings. The second kappa shape index (κ2) is 6.82. The van der Waals surface area contributed by atoms with E-state index in [9.17, 15) is 12.8 Å². The van der Waals surface area contributed by atoms with Crippen molar-refractivity contribution in [1.82, 2.24) is 0 Å². The first kappa shape index (κ1) is 15.7. The van der Waals surface area contributed by atoms with Crippen LogP contribution in [0.1, 0.15) is 0 Å². The van der Waals surface area contributed by atoms with Gasteiger partial charge >= 0.3 is 0 Å². The van der Waals surface area contributed by atoms with Gasteiger partial charge in [-0.2, -0.15) is 0 Å². The highest BCUT2D eigenvalue weighted by Gasteiger charge is 2.10. The molecule has 0 aliphatic rings. The largest absolute Gasteiger partial charge is 0.399 e. The van der Waals surface area contributed by atoms with Crippen LogP contribution in [-0.4, -0.2) is 19.9 Å². The Bertz CT molecular complexity index is 703. The molecule has 0 saturated heterocycles. The lowest BCUT2D eigenvalue weighted by molar-refractivity contribution is 0.602. The first-order valence-electron chi connectivity index (χ1n) is 6.19. The number of hydrogen-bond acceptors (Lipinski definition) is 4. The van der Waals surface area contributed by atoms with Gasteiger partial charge in [0.1, 0.15) is 5.82 Å². The van der Waals surface area contributed by atoms with E-state index in [1.54, 1.807) is 12.1 Å². The molecule has 0 saturated carbocycles. The zero-order chi connectivity index (χ0) is 15.3. The Hall–Kier alpha value is -1.73. The van der Waals surface area contributed by atoms with Crippen molar-refractivity contribution in [1.29, 1.82) is 0 Å². The third-order valence-electron chi connectivity index (χ3n) is 2.60. The van der Waals surface area contributed by atoms with Crippen LogP contribution in [0, 0.1) is 5.82 Å². The smallest absolute Gasteiger partial charge is 0.233 e. The minimum atomic E-state index is -3.45. The maximum Gasteiger partial charge on any atom is 0.233 e. The molecule has 7 heteroatoms. The molecular formula is C14H15FN2O2S2. The molecule has 0 bridgehead atoms. The summed E-state index contributed by atoms with van der Waals surface area (Å²) in [4.78, 5) is 0.923. The molecule has 0 atom stereocenters. The lowest BCUT2D eigenvalue weighted by Crippen LogP contribution is -2.18. The van der Waals surface area contributed by atoms with Gasteiger partial charge in [0.15, 0.2) is 0 Å². The van der Waals surface area contributed by atoms with Crippen molar-refractivity contribution < 1.29 is 12.8 Å². The maximum atomic E-state index is 12.8. The van der Waals surface area contributed by atoms with Crippen molar-refractivity contribution >= 4 is 33.2 Å². The Morgan fingerprint density at radius 1 is 1.14 bits per heavy atom. The normalized spacial score (nSPS) is 11.3. The molecule has 21 heavy (non-hydrogen) atoms. The van der Waals surface area contributed by atoms with Crippen molar-refractivity contribution in [2.45, 2.75) is 4.90 Å². The Kier molecular flexibility index (Phi) is 5.08. The minimum Gasteiger partial charge on any atom is -0.399 e. The van der Waals surface area contributed by atoms with Gasteiger partial charge in [-0.3, -0.25) is 4.72 Å². The fourth-order valence-corrected chi connectivity index (χ4v) is 4.06. The van der Waals surface area contributed by atoms with Crippen molar-refractivity contribution in [3.05, 3.63) is 54.3 Å².